The van der Waals surface area contributed by atoms with Crippen LogP contribution in [0.4, 0.5) is 0 Å². The highest BCUT2D eigenvalue weighted by molar-refractivity contribution is 5.95. The van der Waals surface area contributed by atoms with Crippen LogP contribution in [-0.4, -0.2) is 23.9 Å². The van der Waals surface area contributed by atoms with Crippen molar-refractivity contribution >= 4 is 17.1 Å². The molecule has 0 N–H and O–H groups in total. The zero-order chi connectivity index (χ0) is 32.6. The van der Waals surface area contributed by atoms with Crippen molar-refractivity contribution < 1.29 is 4.79 Å². The van der Waals surface area contributed by atoms with E-state index >= 15 is 0 Å². The standard InChI is InChI=1S/C35H40N2O.C7H14/c1-7-10-33(29-12-11-24(3)31(21-29)22-36)27(6)25(4)19-26(5)32-14-13-30(20-28(32)8-2)34(38)37-18-17-35(23-37)15-9-16-35;1-7-5-3-2-4-6-7/h7,10-14,19-21H,1,8-9,15-18,23H2,2-6H3;7H,2-6H2,1H3/b26-19+,27-25+,33-10+;. The van der Waals surface area contributed by atoms with Gasteiger partial charge in [-0.25, -0.2) is 0 Å². The van der Waals surface area contributed by atoms with E-state index in [-0.39, 0.29) is 5.91 Å². The van der Waals surface area contributed by atoms with Gasteiger partial charge in [0.05, 0.1) is 11.6 Å². The molecule has 0 atom stereocenters. The number of carbonyl (C=O) groups is 1. The summed E-state index contributed by atoms with van der Waals surface area (Å²) in [6.45, 7) is 18.6. The fraction of sp³-hybridized carbons (Fsp3) is 0.476. The molecule has 1 heterocycles. The number of nitriles is 1. The van der Waals surface area contributed by atoms with Crippen molar-refractivity contribution in [2.75, 3.05) is 13.1 Å². The third-order valence-corrected chi connectivity index (χ3v) is 10.6. The summed E-state index contributed by atoms with van der Waals surface area (Å²) in [4.78, 5) is 15.4. The van der Waals surface area contributed by atoms with Crippen LogP contribution in [0.3, 0.4) is 0 Å². The van der Waals surface area contributed by atoms with Crippen LogP contribution < -0.4 is 0 Å². The number of aryl methyl sites for hydroxylation is 2. The van der Waals surface area contributed by atoms with Crippen molar-refractivity contribution in [1.82, 2.24) is 4.90 Å². The molecular weight excluding hydrogens is 548 g/mol. The van der Waals surface area contributed by atoms with E-state index in [0.717, 1.165) is 65.3 Å². The lowest BCUT2D eigenvalue weighted by atomic mass is 9.68. The molecule has 1 spiro atoms. The van der Waals surface area contributed by atoms with E-state index in [1.54, 1.807) is 6.08 Å². The summed E-state index contributed by atoms with van der Waals surface area (Å²) in [5, 5.41) is 9.51. The zero-order valence-corrected chi connectivity index (χ0v) is 28.8. The van der Waals surface area contributed by atoms with Crippen molar-refractivity contribution in [2.45, 2.75) is 106 Å². The van der Waals surface area contributed by atoms with E-state index in [4.69, 9.17) is 0 Å². The lowest BCUT2D eigenvalue weighted by Gasteiger charge is -2.38. The van der Waals surface area contributed by atoms with Gasteiger partial charge in [0.15, 0.2) is 0 Å². The maximum atomic E-state index is 13.3. The minimum atomic E-state index is 0.178. The Morgan fingerprint density at radius 2 is 1.73 bits per heavy atom. The van der Waals surface area contributed by atoms with Gasteiger partial charge < -0.3 is 4.90 Å². The summed E-state index contributed by atoms with van der Waals surface area (Å²) >= 11 is 0. The number of allylic oxidation sites excluding steroid dienone is 7. The van der Waals surface area contributed by atoms with Crippen LogP contribution in [0.1, 0.15) is 131 Å². The molecule has 2 saturated carbocycles. The lowest BCUT2D eigenvalue weighted by Crippen LogP contribution is -2.35. The van der Waals surface area contributed by atoms with Crippen LogP contribution in [0.2, 0.25) is 0 Å². The number of amides is 1. The van der Waals surface area contributed by atoms with E-state index in [0.29, 0.717) is 11.0 Å². The molecule has 0 unspecified atom stereocenters. The van der Waals surface area contributed by atoms with Crippen LogP contribution in [0, 0.1) is 29.6 Å². The average Bonchev–Trinajstić information content (AvgIpc) is 3.51. The molecule has 2 aliphatic carbocycles. The Balaban J connectivity index is 0.000000580. The third kappa shape index (κ3) is 8.35. The van der Waals surface area contributed by atoms with Crippen LogP contribution in [0.25, 0.3) is 11.1 Å². The molecule has 0 aromatic heterocycles. The SMILES string of the molecule is C=C\C=C(/C(C)=C(C)/C=C(\C)c1ccc(C(=O)N2CCC3(CCC3)C2)cc1CC)c1ccc(C)c(C#N)c1.CC1CCCCC1. The van der Waals surface area contributed by atoms with E-state index < -0.39 is 0 Å². The van der Waals surface area contributed by atoms with Crippen molar-refractivity contribution in [3.05, 3.63) is 106 Å². The fourth-order valence-corrected chi connectivity index (χ4v) is 7.28. The quantitative estimate of drug-likeness (QED) is 0.296. The maximum Gasteiger partial charge on any atom is 0.253 e. The molecule has 45 heavy (non-hydrogen) atoms. The molecular formula is C42H54N2O. The normalized spacial score (nSPS) is 18.8. The van der Waals surface area contributed by atoms with Gasteiger partial charge in [0.25, 0.3) is 5.91 Å². The minimum absolute atomic E-state index is 0.178. The van der Waals surface area contributed by atoms with Gasteiger partial charge in [-0.2, -0.15) is 5.26 Å². The van der Waals surface area contributed by atoms with Gasteiger partial charge in [0.1, 0.15) is 0 Å². The Morgan fingerprint density at radius 1 is 1.02 bits per heavy atom. The number of carbonyl (C=O) groups excluding carboxylic acids is 1. The van der Waals surface area contributed by atoms with Gasteiger partial charge in [0.2, 0.25) is 0 Å². The number of nitrogens with zero attached hydrogens (tertiary/aromatic N) is 2. The molecule has 0 radical (unpaired) electrons. The first kappa shape index (κ1) is 34.2. The van der Waals surface area contributed by atoms with Crippen LogP contribution in [0.5, 0.6) is 0 Å². The molecule has 1 saturated heterocycles. The fourth-order valence-electron chi connectivity index (χ4n) is 7.28. The molecule has 238 valence electrons. The Labute approximate surface area is 273 Å². The first-order chi connectivity index (χ1) is 21.6. The molecule has 3 aliphatic rings. The Hall–Kier alpha value is -3.64. The second-order valence-electron chi connectivity index (χ2n) is 13.9. The summed E-state index contributed by atoms with van der Waals surface area (Å²) in [5.74, 6) is 1.21. The summed E-state index contributed by atoms with van der Waals surface area (Å²) in [6.07, 6.45) is 19.4. The highest BCUT2D eigenvalue weighted by atomic mass is 16.2. The summed E-state index contributed by atoms with van der Waals surface area (Å²) in [5.41, 5.74) is 10.8. The lowest BCUT2D eigenvalue weighted by molar-refractivity contribution is 0.0732. The predicted molar refractivity (Wildman–Crippen MR) is 191 cm³/mol. The van der Waals surface area contributed by atoms with Gasteiger partial charge in [-0.1, -0.05) is 95.4 Å². The largest absolute Gasteiger partial charge is 0.338 e. The van der Waals surface area contributed by atoms with E-state index in [9.17, 15) is 10.1 Å². The first-order valence-corrected chi connectivity index (χ1v) is 17.2. The van der Waals surface area contributed by atoms with Crippen LogP contribution in [-0.2, 0) is 6.42 Å². The summed E-state index contributed by atoms with van der Waals surface area (Å²) in [6, 6.07) is 14.5. The number of hydrogen-bond donors (Lipinski definition) is 0. The molecule has 1 aliphatic heterocycles. The first-order valence-electron chi connectivity index (χ1n) is 17.2. The maximum absolute atomic E-state index is 13.3. The minimum Gasteiger partial charge on any atom is -0.338 e. The summed E-state index contributed by atoms with van der Waals surface area (Å²) < 4.78 is 0. The number of benzene rings is 2. The highest BCUT2D eigenvalue weighted by Crippen LogP contribution is 2.48. The summed E-state index contributed by atoms with van der Waals surface area (Å²) in [7, 11) is 0. The molecule has 1 amide bonds. The van der Waals surface area contributed by atoms with Gasteiger partial charge in [-0.3, -0.25) is 4.79 Å². The van der Waals surface area contributed by atoms with Crippen LogP contribution >= 0.6 is 0 Å². The van der Waals surface area contributed by atoms with Crippen molar-refractivity contribution in [2.24, 2.45) is 11.3 Å². The molecule has 3 nitrogen and oxygen atoms in total. The predicted octanol–water partition coefficient (Wildman–Crippen LogP) is 11.0. The van der Waals surface area contributed by atoms with E-state index in [1.807, 2.05) is 31.2 Å². The molecule has 2 aromatic rings. The number of likely N-dealkylation sites (tertiary alicyclic amines) is 1. The van der Waals surface area contributed by atoms with Crippen molar-refractivity contribution in [3.8, 4) is 6.07 Å². The molecule has 2 aromatic carbocycles. The molecule has 3 fully saturated rings. The molecule has 0 bridgehead atoms. The van der Waals surface area contributed by atoms with Gasteiger partial charge in [-0.15, -0.1) is 0 Å². The Kier molecular flexibility index (Phi) is 11.8. The second kappa shape index (κ2) is 15.6. The van der Waals surface area contributed by atoms with E-state index in [1.165, 1.54) is 68.1 Å². The average molecular weight is 603 g/mol. The van der Waals surface area contributed by atoms with Crippen LogP contribution in [0.15, 0.2) is 72.4 Å². The monoisotopic (exact) mass is 602 g/mol. The van der Waals surface area contributed by atoms with Gasteiger partial charge in [0, 0.05) is 18.7 Å². The number of hydrogen-bond acceptors (Lipinski definition) is 2. The van der Waals surface area contributed by atoms with Crippen molar-refractivity contribution in [3.63, 3.8) is 0 Å². The third-order valence-electron chi connectivity index (χ3n) is 10.6. The molecule has 3 heteroatoms. The smallest absolute Gasteiger partial charge is 0.253 e. The second-order valence-corrected chi connectivity index (χ2v) is 13.9. The Morgan fingerprint density at radius 3 is 2.29 bits per heavy atom. The number of rotatable bonds is 7. The Bertz CT molecular complexity index is 1520. The van der Waals surface area contributed by atoms with E-state index in [2.05, 4.69) is 76.4 Å². The van der Waals surface area contributed by atoms with Gasteiger partial charge >= 0.3 is 0 Å². The topological polar surface area (TPSA) is 44.1 Å². The zero-order valence-electron chi connectivity index (χ0n) is 28.8. The van der Waals surface area contributed by atoms with Gasteiger partial charge in [-0.05, 0) is 127 Å². The molecule has 5 rings (SSSR count). The van der Waals surface area contributed by atoms with Crippen molar-refractivity contribution in [1.29, 1.82) is 5.26 Å². The highest BCUT2D eigenvalue weighted by Gasteiger charge is 2.44.